The van der Waals surface area contributed by atoms with Crippen molar-refractivity contribution in [3.8, 4) is 0 Å². The van der Waals surface area contributed by atoms with Crippen LogP contribution >= 0.6 is 0 Å². The Morgan fingerprint density at radius 3 is 2.31 bits per heavy atom. The van der Waals surface area contributed by atoms with E-state index in [9.17, 15) is 0 Å². The molecule has 1 N–H and O–H groups in total. The first-order valence-corrected chi connectivity index (χ1v) is 6.54. The van der Waals surface area contributed by atoms with E-state index in [1.54, 1.807) is 0 Å². The number of hydrogen-bond acceptors (Lipinski definition) is 3. The maximum atomic E-state index is 3.40. The molecule has 0 aliphatic carbocycles. The van der Waals surface area contributed by atoms with Gasteiger partial charge >= 0.3 is 0 Å². The van der Waals surface area contributed by atoms with Crippen molar-refractivity contribution in [2.45, 2.75) is 33.2 Å². The fourth-order valence-electron chi connectivity index (χ4n) is 2.13. The third-order valence-electron chi connectivity index (χ3n) is 3.51. The molecular formula is C13H29N3. The molecule has 0 saturated carbocycles. The monoisotopic (exact) mass is 227 g/mol. The lowest BCUT2D eigenvalue weighted by Gasteiger charge is -2.36. The van der Waals surface area contributed by atoms with Crippen LogP contribution in [0.4, 0.5) is 0 Å². The highest BCUT2D eigenvalue weighted by Crippen LogP contribution is 2.13. The summed E-state index contributed by atoms with van der Waals surface area (Å²) in [6, 6.07) is 0. The molecule has 1 heterocycles. The molecule has 0 bridgehead atoms. The lowest BCUT2D eigenvalue weighted by molar-refractivity contribution is 0.127. The standard InChI is InChI=1S/C13H29N3/c1-12(10-15(5)13(2,3)4)11-16-8-6-14-7-9-16/h12,14H,6-11H2,1-5H3. The van der Waals surface area contributed by atoms with Crippen molar-refractivity contribution in [3.63, 3.8) is 0 Å². The van der Waals surface area contributed by atoms with Gasteiger partial charge in [0, 0.05) is 44.8 Å². The van der Waals surface area contributed by atoms with Crippen molar-refractivity contribution in [1.29, 1.82) is 0 Å². The molecule has 1 aliphatic rings. The largest absolute Gasteiger partial charge is 0.314 e. The van der Waals surface area contributed by atoms with Crippen molar-refractivity contribution in [2.75, 3.05) is 46.3 Å². The third kappa shape index (κ3) is 4.81. The maximum absolute atomic E-state index is 3.40. The summed E-state index contributed by atoms with van der Waals surface area (Å²) in [5.74, 6) is 0.752. The van der Waals surface area contributed by atoms with Gasteiger partial charge in [-0.15, -0.1) is 0 Å². The van der Waals surface area contributed by atoms with Gasteiger partial charge in [0.15, 0.2) is 0 Å². The van der Waals surface area contributed by atoms with E-state index in [0.717, 1.165) is 19.0 Å². The van der Waals surface area contributed by atoms with Crippen LogP contribution in [0.15, 0.2) is 0 Å². The summed E-state index contributed by atoms with van der Waals surface area (Å²) in [7, 11) is 2.23. The van der Waals surface area contributed by atoms with Crippen LogP contribution in [0.2, 0.25) is 0 Å². The fraction of sp³-hybridized carbons (Fsp3) is 1.00. The second-order valence-electron chi connectivity index (χ2n) is 6.21. The molecule has 1 atom stereocenters. The van der Waals surface area contributed by atoms with E-state index in [0.29, 0.717) is 0 Å². The molecule has 3 heteroatoms. The minimum absolute atomic E-state index is 0.289. The van der Waals surface area contributed by atoms with Crippen molar-refractivity contribution < 1.29 is 0 Å². The van der Waals surface area contributed by atoms with E-state index in [-0.39, 0.29) is 5.54 Å². The molecule has 96 valence electrons. The Morgan fingerprint density at radius 1 is 1.25 bits per heavy atom. The Hall–Kier alpha value is -0.120. The summed E-state index contributed by atoms with van der Waals surface area (Å²) in [5, 5.41) is 3.40. The Balaban J connectivity index is 2.26. The number of nitrogens with one attached hydrogen (secondary N) is 1. The molecule has 0 radical (unpaired) electrons. The van der Waals surface area contributed by atoms with E-state index in [4.69, 9.17) is 0 Å². The normalized spacial score (nSPS) is 21.4. The van der Waals surface area contributed by atoms with Gasteiger partial charge in [0.2, 0.25) is 0 Å². The Labute approximate surface area is 101 Å². The first-order valence-electron chi connectivity index (χ1n) is 6.54. The van der Waals surface area contributed by atoms with Crippen LogP contribution in [-0.2, 0) is 0 Å². The minimum atomic E-state index is 0.289. The van der Waals surface area contributed by atoms with Gasteiger partial charge in [-0.05, 0) is 33.7 Å². The molecule has 1 rings (SSSR count). The predicted molar refractivity (Wildman–Crippen MR) is 70.9 cm³/mol. The predicted octanol–water partition coefficient (Wildman–Crippen LogP) is 1.26. The highest BCUT2D eigenvalue weighted by Gasteiger charge is 2.20. The van der Waals surface area contributed by atoms with E-state index < -0.39 is 0 Å². The molecule has 1 fully saturated rings. The molecule has 3 nitrogen and oxygen atoms in total. The number of rotatable bonds is 4. The van der Waals surface area contributed by atoms with Crippen LogP contribution in [0.1, 0.15) is 27.7 Å². The molecule has 1 aliphatic heterocycles. The maximum Gasteiger partial charge on any atom is 0.0122 e. The van der Waals surface area contributed by atoms with E-state index >= 15 is 0 Å². The van der Waals surface area contributed by atoms with Crippen molar-refractivity contribution >= 4 is 0 Å². The highest BCUT2D eigenvalue weighted by atomic mass is 15.2. The quantitative estimate of drug-likeness (QED) is 0.780. The van der Waals surface area contributed by atoms with E-state index in [1.807, 2.05) is 0 Å². The van der Waals surface area contributed by atoms with Gasteiger partial charge in [-0.2, -0.15) is 0 Å². The van der Waals surface area contributed by atoms with Gasteiger partial charge in [-0.3, -0.25) is 0 Å². The van der Waals surface area contributed by atoms with Gasteiger partial charge in [-0.25, -0.2) is 0 Å². The lowest BCUT2D eigenvalue weighted by Crippen LogP contribution is -2.47. The Morgan fingerprint density at radius 2 is 1.81 bits per heavy atom. The van der Waals surface area contributed by atoms with Crippen LogP contribution in [0.3, 0.4) is 0 Å². The number of nitrogens with zero attached hydrogens (tertiary/aromatic N) is 2. The average Bonchev–Trinajstić information content (AvgIpc) is 2.17. The average molecular weight is 227 g/mol. The first-order chi connectivity index (χ1) is 7.39. The summed E-state index contributed by atoms with van der Waals surface area (Å²) in [6.45, 7) is 16.4. The number of hydrogen-bond donors (Lipinski definition) is 1. The van der Waals surface area contributed by atoms with E-state index in [2.05, 4.69) is 49.9 Å². The zero-order valence-corrected chi connectivity index (χ0v) is 11.7. The zero-order valence-electron chi connectivity index (χ0n) is 11.7. The van der Waals surface area contributed by atoms with Gasteiger partial charge in [0.1, 0.15) is 0 Å². The topological polar surface area (TPSA) is 18.5 Å². The lowest BCUT2D eigenvalue weighted by atomic mass is 10.0. The molecule has 16 heavy (non-hydrogen) atoms. The minimum Gasteiger partial charge on any atom is -0.314 e. The molecule has 0 aromatic rings. The SMILES string of the molecule is CC(CN1CCNCC1)CN(C)C(C)(C)C. The molecule has 1 unspecified atom stereocenters. The zero-order chi connectivity index (χ0) is 12.2. The van der Waals surface area contributed by atoms with Crippen LogP contribution in [0.5, 0.6) is 0 Å². The van der Waals surface area contributed by atoms with Crippen molar-refractivity contribution in [2.24, 2.45) is 5.92 Å². The van der Waals surface area contributed by atoms with Crippen LogP contribution in [0.25, 0.3) is 0 Å². The van der Waals surface area contributed by atoms with Gasteiger partial charge in [-0.1, -0.05) is 6.92 Å². The first kappa shape index (κ1) is 13.9. The third-order valence-corrected chi connectivity index (χ3v) is 3.51. The summed E-state index contributed by atoms with van der Waals surface area (Å²) >= 11 is 0. The molecule has 0 spiro atoms. The molecular weight excluding hydrogens is 198 g/mol. The fourth-order valence-corrected chi connectivity index (χ4v) is 2.13. The van der Waals surface area contributed by atoms with Gasteiger partial charge in [0.25, 0.3) is 0 Å². The van der Waals surface area contributed by atoms with Crippen LogP contribution in [-0.4, -0.2) is 61.7 Å². The Kier molecular flexibility index (Phi) is 5.22. The van der Waals surface area contributed by atoms with Gasteiger partial charge < -0.3 is 15.1 Å². The summed E-state index contributed by atoms with van der Waals surface area (Å²) in [5.41, 5.74) is 0.289. The molecule has 0 aromatic heterocycles. The van der Waals surface area contributed by atoms with Crippen LogP contribution in [0, 0.1) is 5.92 Å². The van der Waals surface area contributed by atoms with Crippen molar-refractivity contribution in [3.05, 3.63) is 0 Å². The Bertz CT molecular complexity index is 192. The summed E-state index contributed by atoms with van der Waals surface area (Å²) in [4.78, 5) is 5.04. The molecule has 0 amide bonds. The smallest absolute Gasteiger partial charge is 0.0122 e. The molecule has 0 aromatic carbocycles. The second kappa shape index (κ2) is 5.99. The summed E-state index contributed by atoms with van der Waals surface area (Å²) in [6.07, 6.45) is 0. The molecule has 1 saturated heterocycles. The van der Waals surface area contributed by atoms with Gasteiger partial charge in [0.05, 0.1) is 0 Å². The number of piperazine rings is 1. The van der Waals surface area contributed by atoms with Crippen LogP contribution < -0.4 is 5.32 Å². The highest BCUT2D eigenvalue weighted by molar-refractivity contribution is 4.76. The van der Waals surface area contributed by atoms with E-state index in [1.165, 1.54) is 26.2 Å². The van der Waals surface area contributed by atoms with Crippen molar-refractivity contribution in [1.82, 2.24) is 15.1 Å². The summed E-state index contributed by atoms with van der Waals surface area (Å²) < 4.78 is 0. The second-order valence-corrected chi connectivity index (χ2v) is 6.21.